The second kappa shape index (κ2) is 6.70. The fourth-order valence-electron chi connectivity index (χ4n) is 2.82. The number of halogens is 1. The molecular formula is C19H12FN3O3S. The first-order valence-electron chi connectivity index (χ1n) is 7.95. The molecule has 4 rings (SSSR count). The molecule has 0 atom stereocenters. The minimum atomic E-state index is -0.630. The summed E-state index contributed by atoms with van der Waals surface area (Å²) in [4.78, 5) is 28.9. The Kier molecular flexibility index (Phi) is 4.22. The summed E-state index contributed by atoms with van der Waals surface area (Å²) in [6, 6.07) is 11.1. The molecule has 0 aliphatic rings. The summed E-state index contributed by atoms with van der Waals surface area (Å²) >= 11 is 1.16. The molecular weight excluding hydrogens is 369 g/mol. The summed E-state index contributed by atoms with van der Waals surface area (Å²) in [7, 11) is 0. The van der Waals surface area contributed by atoms with Crippen LogP contribution in [0.2, 0.25) is 0 Å². The summed E-state index contributed by atoms with van der Waals surface area (Å²) in [5, 5.41) is 0. The van der Waals surface area contributed by atoms with Gasteiger partial charge in [0.1, 0.15) is 12.4 Å². The smallest absolute Gasteiger partial charge is 0.408 e. The predicted octanol–water partition coefficient (Wildman–Crippen LogP) is 2.51. The van der Waals surface area contributed by atoms with Crippen molar-refractivity contribution in [1.29, 1.82) is 0 Å². The molecule has 0 aliphatic heterocycles. The number of nitrogens with zero attached hydrogens (tertiary/aromatic N) is 3. The number of oxazole rings is 1. The van der Waals surface area contributed by atoms with Crippen LogP contribution >= 0.6 is 11.3 Å². The topological polar surface area (TPSA) is 69.5 Å². The lowest BCUT2D eigenvalue weighted by atomic mass is 10.3. The third-order valence-corrected chi connectivity index (χ3v) is 5.02. The number of para-hydroxylation sites is 2. The number of hydrogen-bond donors (Lipinski definition) is 0. The summed E-state index contributed by atoms with van der Waals surface area (Å²) in [6.07, 6.45) is 5.41. The Hall–Kier alpha value is -3.44. The van der Waals surface area contributed by atoms with Gasteiger partial charge in [-0.05, 0) is 30.3 Å². The molecule has 2 heterocycles. The highest BCUT2D eigenvalue weighted by Gasteiger charge is 2.13. The third-order valence-electron chi connectivity index (χ3n) is 3.98. The molecule has 0 aliphatic carbocycles. The van der Waals surface area contributed by atoms with Crippen LogP contribution in [-0.4, -0.2) is 15.0 Å². The highest BCUT2D eigenvalue weighted by molar-refractivity contribution is 7.16. The van der Waals surface area contributed by atoms with Gasteiger partial charge in [-0.2, -0.15) is 4.99 Å². The normalized spacial score (nSPS) is 11.9. The van der Waals surface area contributed by atoms with Gasteiger partial charge in [0.25, 0.3) is 5.91 Å². The van der Waals surface area contributed by atoms with Crippen molar-refractivity contribution in [2.45, 2.75) is 13.1 Å². The Labute approximate surface area is 155 Å². The number of fused-ring (bicyclic) bond motifs is 2. The van der Waals surface area contributed by atoms with Crippen LogP contribution in [0.4, 0.5) is 4.39 Å². The Bertz CT molecular complexity index is 1350. The number of hydrogen-bond acceptors (Lipinski definition) is 4. The summed E-state index contributed by atoms with van der Waals surface area (Å²) in [6.45, 7) is -0.0825. The summed E-state index contributed by atoms with van der Waals surface area (Å²) < 4.78 is 22.1. The van der Waals surface area contributed by atoms with E-state index in [-0.39, 0.29) is 18.9 Å². The number of amides is 1. The summed E-state index contributed by atoms with van der Waals surface area (Å²) in [5.74, 6) is 0.950. The summed E-state index contributed by atoms with van der Waals surface area (Å²) in [5.41, 5.74) is 1.60. The van der Waals surface area contributed by atoms with E-state index in [0.717, 1.165) is 11.3 Å². The van der Waals surface area contributed by atoms with Gasteiger partial charge in [-0.1, -0.05) is 29.4 Å². The van der Waals surface area contributed by atoms with Crippen molar-refractivity contribution in [2.24, 2.45) is 4.99 Å². The zero-order valence-electron chi connectivity index (χ0n) is 13.9. The van der Waals surface area contributed by atoms with Gasteiger partial charge in [-0.25, -0.2) is 9.18 Å². The molecule has 0 unspecified atom stereocenters. The predicted molar refractivity (Wildman–Crippen MR) is 99.7 cm³/mol. The average Bonchev–Trinajstić information content (AvgIpc) is 3.13. The van der Waals surface area contributed by atoms with Crippen molar-refractivity contribution in [3.63, 3.8) is 0 Å². The van der Waals surface area contributed by atoms with Crippen molar-refractivity contribution in [1.82, 2.24) is 9.13 Å². The number of carbonyl (C=O) groups excluding carboxylic acids is 1. The largest absolute Gasteiger partial charge is 0.420 e. The zero-order valence-corrected chi connectivity index (χ0v) is 14.7. The van der Waals surface area contributed by atoms with Gasteiger partial charge in [0, 0.05) is 0 Å². The van der Waals surface area contributed by atoms with Crippen molar-refractivity contribution < 1.29 is 13.6 Å². The molecule has 6 nitrogen and oxygen atoms in total. The van der Waals surface area contributed by atoms with Crippen LogP contribution in [0, 0.1) is 18.2 Å². The van der Waals surface area contributed by atoms with Crippen LogP contribution in [0.5, 0.6) is 0 Å². The number of terminal acetylenes is 1. The van der Waals surface area contributed by atoms with Crippen LogP contribution in [0.25, 0.3) is 21.3 Å². The van der Waals surface area contributed by atoms with Gasteiger partial charge < -0.3 is 8.98 Å². The number of rotatable bonds is 3. The van der Waals surface area contributed by atoms with Crippen molar-refractivity contribution >= 4 is 38.6 Å². The van der Waals surface area contributed by atoms with E-state index < -0.39 is 11.7 Å². The van der Waals surface area contributed by atoms with Gasteiger partial charge in [0.2, 0.25) is 0 Å². The number of benzene rings is 2. The second-order valence-corrected chi connectivity index (χ2v) is 6.72. The van der Waals surface area contributed by atoms with Crippen LogP contribution < -0.4 is 10.6 Å². The molecule has 0 bridgehead atoms. The maximum atomic E-state index is 13.5. The monoisotopic (exact) mass is 381 g/mol. The van der Waals surface area contributed by atoms with E-state index in [1.165, 1.54) is 16.7 Å². The standard InChI is InChI=1S/C19H12FN3O3S/c1-2-9-22-14-8-7-12(20)10-16(14)27-18(22)21-17(24)11-23-13-5-3-4-6-15(13)26-19(23)25/h1,3-8,10H,9,11H2. The van der Waals surface area contributed by atoms with Crippen molar-refractivity contribution in [3.8, 4) is 12.3 Å². The van der Waals surface area contributed by atoms with E-state index >= 15 is 0 Å². The fourth-order valence-corrected chi connectivity index (χ4v) is 3.89. The molecule has 0 N–H and O–H groups in total. The SMILES string of the molecule is C#CCn1c(=NC(=O)Cn2c(=O)oc3ccccc32)sc2cc(F)ccc21. The third kappa shape index (κ3) is 3.09. The maximum absolute atomic E-state index is 13.5. The van der Waals surface area contributed by atoms with E-state index in [4.69, 9.17) is 10.8 Å². The maximum Gasteiger partial charge on any atom is 0.420 e. The lowest BCUT2D eigenvalue weighted by Crippen LogP contribution is -2.22. The van der Waals surface area contributed by atoms with Crippen LogP contribution in [0.15, 0.2) is 56.7 Å². The van der Waals surface area contributed by atoms with E-state index in [2.05, 4.69) is 10.9 Å². The van der Waals surface area contributed by atoms with Crippen LogP contribution in [0.3, 0.4) is 0 Å². The lowest BCUT2D eigenvalue weighted by molar-refractivity contribution is -0.118. The van der Waals surface area contributed by atoms with Crippen LogP contribution in [0.1, 0.15) is 0 Å². The Morgan fingerprint density at radius 2 is 2.04 bits per heavy atom. The second-order valence-electron chi connectivity index (χ2n) is 5.71. The molecule has 0 fully saturated rings. The molecule has 0 radical (unpaired) electrons. The molecule has 0 saturated carbocycles. The van der Waals surface area contributed by atoms with E-state index in [9.17, 15) is 14.0 Å². The first-order chi connectivity index (χ1) is 13.1. The number of thiazole rings is 1. The first-order valence-corrected chi connectivity index (χ1v) is 8.77. The Morgan fingerprint density at radius 1 is 1.22 bits per heavy atom. The molecule has 8 heteroatoms. The molecule has 0 spiro atoms. The van der Waals surface area contributed by atoms with Gasteiger partial charge in [0.15, 0.2) is 10.4 Å². The molecule has 1 amide bonds. The molecule has 2 aromatic heterocycles. The molecule has 4 aromatic rings. The quantitative estimate of drug-likeness (QED) is 0.512. The first kappa shape index (κ1) is 17.0. The van der Waals surface area contributed by atoms with Gasteiger partial charge in [0.05, 0.1) is 22.3 Å². The molecule has 2 aromatic carbocycles. The number of aromatic nitrogens is 2. The highest BCUT2D eigenvalue weighted by Crippen LogP contribution is 2.18. The lowest BCUT2D eigenvalue weighted by Gasteiger charge is -2.00. The van der Waals surface area contributed by atoms with Crippen molar-refractivity contribution in [3.05, 3.63) is 63.6 Å². The fraction of sp³-hybridized carbons (Fsp3) is 0.105. The Balaban J connectivity index is 1.78. The van der Waals surface area contributed by atoms with Crippen LogP contribution in [-0.2, 0) is 17.9 Å². The van der Waals surface area contributed by atoms with E-state index in [1.54, 1.807) is 34.9 Å². The van der Waals surface area contributed by atoms with E-state index in [0.29, 0.717) is 26.1 Å². The Morgan fingerprint density at radius 3 is 2.85 bits per heavy atom. The van der Waals surface area contributed by atoms with E-state index in [1.807, 2.05) is 0 Å². The molecule has 27 heavy (non-hydrogen) atoms. The van der Waals surface area contributed by atoms with Crippen molar-refractivity contribution in [2.75, 3.05) is 0 Å². The highest BCUT2D eigenvalue weighted by atomic mass is 32.1. The van der Waals surface area contributed by atoms with Gasteiger partial charge >= 0.3 is 5.76 Å². The van der Waals surface area contributed by atoms with Gasteiger partial charge in [-0.3, -0.25) is 9.36 Å². The number of carbonyl (C=O) groups is 1. The average molecular weight is 381 g/mol. The minimum absolute atomic E-state index is 0.187. The minimum Gasteiger partial charge on any atom is -0.408 e. The zero-order chi connectivity index (χ0) is 19.0. The molecule has 134 valence electrons. The van der Waals surface area contributed by atoms with Gasteiger partial charge in [-0.15, -0.1) is 6.42 Å². The molecule has 0 saturated heterocycles.